The smallest absolute Gasteiger partial charge is 0.122 e. The zero-order valence-corrected chi connectivity index (χ0v) is 13.1. The molecule has 2 unspecified atom stereocenters. The quantitative estimate of drug-likeness (QED) is 0.899. The van der Waals surface area contributed by atoms with E-state index in [4.69, 9.17) is 9.47 Å². The summed E-state index contributed by atoms with van der Waals surface area (Å²) < 4.78 is 11.7. The standard InChI is InChI=1S/C17H26N2O2/c1-3-7-18-17(16-12-19(2)8-10-21-16)14-4-5-15-13(11-14)6-9-20-15/h4-5,11,16-18H,3,6-10,12H2,1-2H3. The van der Waals surface area contributed by atoms with Crippen LogP contribution in [0.2, 0.25) is 0 Å². The van der Waals surface area contributed by atoms with Crippen molar-refractivity contribution in [1.29, 1.82) is 0 Å². The van der Waals surface area contributed by atoms with Crippen LogP contribution in [0, 0.1) is 0 Å². The Balaban J connectivity index is 1.80. The molecule has 1 aromatic carbocycles. The van der Waals surface area contributed by atoms with E-state index < -0.39 is 0 Å². The van der Waals surface area contributed by atoms with Crippen LogP contribution in [0.3, 0.4) is 0 Å². The summed E-state index contributed by atoms with van der Waals surface area (Å²) in [5.74, 6) is 1.05. The molecule has 2 aliphatic heterocycles. The first-order valence-electron chi connectivity index (χ1n) is 8.07. The molecule has 0 aromatic heterocycles. The van der Waals surface area contributed by atoms with Gasteiger partial charge >= 0.3 is 0 Å². The molecular formula is C17H26N2O2. The molecule has 0 saturated carbocycles. The molecule has 0 spiro atoms. The summed E-state index contributed by atoms with van der Waals surface area (Å²) in [6.45, 7) is 6.86. The maximum absolute atomic E-state index is 6.05. The van der Waals surface area contributed by atoms with Crippen molar-refractivity contribution in [3.63, 3.8) is 0 Å². The van der Waals surface area contributed by atoms with Crippen LogP contribution in [0.4, 0.5) is 0 Å². The molecule has 0 amide bonds. The molecule has 0 aliphatic carbocycles. The van der Waals surface area contributed by atoms with Gasteiger partial charge in [-0.15, -0.1) is 0 Å². The number of nitrogens with zero attached hydrogens (tertiary/aromatic N) is 1. The summed E-state index contributed by atoms with van der Waals surface area (Å²) in [5, 5.41) is 3.67. The lowest BCUT2D eigenvalue weighted by Gasteiger charge is -2.36. The van der Waals surface area contributed by atoms with Gasteiger partial charge in [0.05, 0.1) is 25.4 Å². The number of nitrogens with one attached hydrogen (secondary N) is 1. The highest BCUT2D eigenvalue weighted by atomic mass is 16.5. The molecule has 1 saturated heterocycles. The van der Waals surface area contributed by atoms with Crippen molar-refractivity contribution in [2.24, 2.45) is 0 Å². The van der Waals surface area contributed by atoms with E-state index in [-0.39, 0.29) is 12.1 Å². The Morgan fingerprint density at radius 2 is 2.29 bits per heavy atom. The molecule has 4 heteroatoms. The third-order valence-electron chi connectivity index (χ3n) is 4.36. The summed E-state index contributed by atoms with van der Waals surface area (Å²) >= 11 is 0. The lowest BCUT2D eigenvalue weighted by molar-refractivity contribution is -0.0392. The van der Waals surface area contributed by atoms with Gasteiger partial charge in [-0.2, -0.15) is 0 Å². The van der Waals surface area contributed by atoms with Crippen LogP contribution in [-0.4, -0.2) is 50.9 Å². The van der Waals surface area contributed by atoms with Crippen molar-refractivity contribution in [2.75, 3.05) is 39.9 Å². The summed E-state index contributed by atoms with van der Waals surface area (Å²) in [6, 6.07) is 6.87. The molecule has 2 atom stereocenters. The Hall–Kier alpha value is -1.10. The lowest BCUT2D eigenvalue weighted by atomic mass is 9.97. The molecule has 2 aliphatic rings. The minimum atomic E-state index is 0.218. The molecule has 1 fully saturated rings. The van der Waals surface area contributed by atoms with Crippen LogP contribution in [0.25, 0.3) is 0 Å². The topological polar surface area (TPSA) is 33.7 Å². The first-order valence-corrected chi connectivity index (χ1v) is 8.07. The normalized spacial score (nSPS) is 23.6. The Morgan fingerprint density at radius 1 is 1.38 bits per heavy atom. The van der Waals surface area contributed by atoms with Gasteiger partial charge in [0.2, 0.25) is 0 Å². The van der Waals surface area contributed by atoms with Crippen molar-refractivity contribution < 1.29 is 9.47 Å². The average molecular weight is 290 g/mol. The third kappa shape index (κ3) is 3.39. The van der Waals surface area contributed by atoms with Crippen molar-refractivity contribution in [3.8, 4) is 5.75 Å². The first kappa shape index (κ1) is 14.8. The fraction of sp³-hybridized carbons (Fsp3) is 0.647. The fourth-order valence-corrected chi connectivity index (χ4v) is 3.18. The van der Waals surface area contributed by atoms with E-state index in [9.17, 15) is 0 Å². The summed E-state index contributed by atoms with van der Waals surface area (Å²) in [4.78, 5) is 2.35. The number of hydrogen-bond donors (Lipinski definition) is 1. The second-order valence-corrected chi connectivity index (χ2v) is 6.07. The van der Waals surface area contributed by atoms with Gasteiger partial charge in [0.1, 0.15) is 5.75 Å². The van der Waals surface area contributed by atoms with E-state index in [1.165, 1.54) is 11.1 Å². The van der Waals surface area contributed by atoms with Gasteiger partial charge in [-0.05, 0) is 37.2 Å². The molecule has 1 N–H and O–H groups in total. The maximum atomic E-state index is 6.05. The molecule has 0 bridgehead atoms. The van der Waals surface area contributed by atoms with Crippen LogP contribution >= 0.6 is 0 Å². The van der Waals surface area contributed by atoms with Gasteiger partial charge in [-0.1, -0.05) is 19.1 Å². The van der Waals surface area contributed by atoms with Crippen molar-refractivity contribution in [1.82, 2.24) is 10.2 Å². The Labute approximate surface area is 127 Å². The Morgan fingerprint density at radius 3 is 3.10 bits per heavy atom. The van der Waals surface area contributed by atoms with Gasteiger partial charge in [-0.25, -0.2) is 0 Å². The predicted molar refractivity (Wildman–Crippen MR) is 83.9 cm³/mol. The minimum Gasteiger partial charge on any atom is -0.493 e. The van der Waals surface area contributed by atoms with Crippen molar-refractivity contribution >= 4 is 0 Å². The zero-order chi connectivity index (χ0) is 14.7. The number of rotatable bonds is 5. The van der Waals surface area contributed by atoms with Crippen LogP contribution in [0.1, 0.15) is 30.5 Å². The fourth-order valence-electron chi connectivity index (χ4n) is 3.18. The highest BCUT2D eigenvalue weighted by Gasteiger charge is 2.28. The SMILES string of the molecule is CCCNC(c1ccc2c(c1)CCO2)C1CN(C)CCO1. The number of likely N-dealkylation sites (N-methyl/N-ethyl adjacent to an activating group) is 1. The van der Waals surface area contributed by atoms with Crippen LogP contribution in [0.5, 0.6) is 5.75 Å². The van der Waals surface area contributed by atoms with Gasteiger partial charge in [0.25, 0.3) is 0 Å². The number of benzene rings is 1. The van der Waals surface area contributed by atoms with E-state index in [1.807, 2.05) is 0 Å². The van der Waals surface area contributed by atoms with E-state index in [0.29, 0.717) is 0 Å². The van der Waals surface area contributed by atoms with Crippen molar-refractivity contribution in [2.45, 2.75) is 31.9 Å². The third-order valence-corrected chi connectivity index (χ3v) is 4.36. The molecule has 2 heterocycles. The summed E-state index contributed by atoms with van der Waals surface area (Å²) in [7, 11) is 2.17. The molecule has 3 rings (SSSR count). The number of fused-ring (bicyclic) bond motifs is 1. The number of hydrogen-bond acceptors (Lipinski definition) is 4. The van der Waals surface area contributed by atoms with Gasteiger partial charge in [0.15, 0.2) is 0 Å². The van der Waals surface area contributed by atoms with Gasteiger partial charge in [-0.3, -0.25) is 0 Å². The molecule has 0 radical (unpaired) electrons. The summed E-state index contributed by atoms with van der Waals surface area (Å²) in [5.41, 5.74) is 2.66. The van der Waals surface area contributed by atoms with E-state index >= 15 is 0 Å². The van der Waals surface area contributed by atoms with Crippen LogP contribution in [0.15, 0.2) is 18.2 Å². The zero-order valence-electron chi connectivity index (χ0n) is 13.1. The second-order valence-electron chi connectivity index (χ2n) is 6.07. The monoisotopic (exact) mass is 290 g/mol. The minimum absolute atomic E-state index is 0.218. The average Bonchev–Trinajstić information content (AvgIpc) is 2.95. The van der Waals surface area contributed by atoms with E-state index in [1.54, 1.807) is 0 Å². The lowest BCUT2D eigenvalue weighted by Crippen LogP contribution is -2.46. The first-order chi connectivity index (χ1) is 10.3. The highest BCUT2D eigenvalue weighted by molar-refractivity contribution is 5.41. The largest absolute Gasteiger partial charge is 0.493 e. The molecular weight excluding hydrogens is 264 g/mol. The highest BCUT2D eigenvalue weighted by Crippen LogP contribution is 2.30. The second kappa shape index (κ2) is 6.77. The van der Waals surface area contributed by atoms with Crippen molar-refractivity contribution in [3.05, 3.63) is 29.3 Å². The van der Waals surface area contributed by atoms with Crippen LogP contribution < -0.4 is 10.1 Å². The predicted octanol–water partition coefficient (Wildman–Crippen LogP) is 1.99. The molecule has 1 aromatic rings. The summed E-state index contributed by atoms with van der Waals surface area (Å²) in [6.07, 6.45) is 2.37. The Bertz CT molecular complexity index is 478. The van der Waals surface area contributed by atoms with Gasteiger partial charge < -0.3 is 19.7 Å². The maximum Gasteiger partial charge on any atom is 0.122 e. The van der Waals surface area contributed by atoms with Crippen LogP contribution in [-0.2, 0) is 11.2 Å². The number of ether oxygens (including phenoxy) is 2. The molecule has 116 valence electrons. The van der Waals surface area contributed by atoms with E-state index in [2.05, 4.69) is 42.4 Å². The van der Waals surface area contributed by atoms with E-state index in [0.717, 1.165) is 51.4 Å². The number of morpholine rings is 1. The Kier molecular flexibility index (Phi) is 4.78. The van der Waals surface area contributed by atoms with Gasteiger partial charge in [0, 0.05) is 19.5 Å². The molecule has 21 heavy (non-hydrogen) atoms. The molecule has 4 nitrogen and oxygen atoms in total.